The highest BCUT2D eigenvalue weighted by Crippen LogP contribution is 2.20. The van der Waals surface area contributed by atoms with Crippen LogP contribution in [0.15, 0.2) is 24.3 Å². The van der Waals surface area contributed by atoms with Gasteiger partial charge < -0.3 is 9.64 Å². The first-order chi connectivity index (χ1) is 9.13. The van der Waals surface area contributed by atoms with Crippen molar-refractivity contribution in [3.63, 3.8) is 0 Å². The molecule has 1 aromatic rings. The molecule has 4 nitrogen and oxygen atoms in total. The van der Waals surface area contributed by atoms with Gasteiger partial charge >= 0.3 is 5.97 Å². The average molecular weight is 265 g/mol. The van der Waals surface area contributed by atoms with Crippen LogP contribution in [0.3, 0.4) is 0 Å². The van der Waals surface area contributed by atoms with Gasteiger partial charge in [0, 0.05) is 13.1 Å². The van der Waals surface area contributed by atoms with Crippen LogP contribution in [0.5, 0.6) is 0 Å². The number of carbonyl (C=O) groups excluding carboxylic acids is 2. The van der Waals surface area contributed by atoms with E-state index in [1.807, 2.05) is 0 Å². The van der Waals surface area contributed by atoms with E-state index in [4.69, 9.17) is 4.74 Å². The molecule has 1 fully saturated rings. The van der Waals surface area contributed by atoms with Gasteiger partial charge in [0.1, 0.15) is 5.82 Å². The van der Waals surface area contributed by atoms with Crippen LogP contribution in [0.4, 0.5) is 4.39 Å². The minimum absolute atomic E-state index is 0.0491. The van der Waals surface area contributed by atoms with Gasteiger partial charge in [0.2, 0.25) is 0 Å². The van der Waals surface area contributed by atoms with E-state index in [1.54, 1.807) is 12.1 Å². The fourth-order valence-corrected chi connectivity index (χ4v) is 2.33. The number of piperidine rings is 1. The number of amides is 1. The van der Waals surface area contributed by atoms with Crippen LogP contribution in [-0.4, -0.2) is 37.0 Å². The molecule has 1 aromatic carbocycles. The second kappa shape index (κ2) is 5.82. The van der Waals surface area contributed by atoms with Crippen molar-refractivity contribution in [2.24, 2.45) is 5.92 Å². The van der Waals surface area contributed by atoms with E-state index in [2.05, 4.69) is 0 Å². The third-order valence-electron chi connectivity index (χ3n) is 3.35. The maximum Gasteiger partial charge on any atom is 0.310 e. The molecule has 1 saturated heterocycles. The van der Waals surface area contributed by atoms with E-state index in [9.17, 15) is 14.0 Å². The van der Waals surface area contributed by atoms with Crippen LogP contribution in [0, 0.1) is 11.7 Å². The summed E-state index contributed by atoms with van der Waals surface area (Å²) in [4.78, 5) is 25.2. The molecule has 1 atom stereocenters. The summed E-state index contributed by atoms with van der Waals surface area (Å²) >= 11 is 0. The Morgan fingerprint density at radius 1 is 1.37 bits per heavy atom. The summed E-state index contributed by atoms with van der Waals surface area (Å²) in [7, 11) is 1.33. The Balaban J connectivity index is 2.11. The number of carbonyl (C=O) groups is 2. The molecule has 0 bridgehead atoms. The molecule has 0 radical (unpaired) electrons. The summed E-state index contributed by atoms with van der Waals surface area (Å²) in [6, 6.07) is 5.88. The van der Waals surface area contributed by atoms with Gasteiger partial charge in [-0.25, -0.2) is 4.39 Å². The van der Waals surface area contributed by atoms with Gasteiger partial charge in [-0.05, 0) is 25.0 Å². The number of rotatable bonds is 2. The Bertz CT molecular complexity index is 489. The Morgan fingerprint density at radius 2 is 2.11 bits per heavy atom. The monoisotopic (exact) mass is 265 g/mol. The van der Waals surface area contributed by atoms with Crippen molar-refractivity contribution in [2.45, 2.75) is 12.8 Å². The van der Waals surface area contributed by atoms with Crippen molar-refractivity contribution in [1.29, 1.82) is 0 Å². The first-order valence-electron chi connectivity index (χ1n) is 6.25. The minimum Gasteiger partial charge on any atom is -0.469 e. The number of likely N-dealkylation sites (tertiary alicyclic amines) is 1. The minimum atomic E-state index is -0.535. The van der Waals surface area contributed by atoms with Crippen LogP contribution in [0.1, 0.15) is 23.2 Å². The third-order valence-corrected chi connectivity index (χ3v) is 3.35. The molecular formula is C14H16FNO3. The van der Waals surface area contributed by atoms with Crippen LogP contribution in [0.25, 0.3) is 0 Å². The summed E-state index contributed by atoms with van der Waals surface area (Å²) in [6.07, 6.45) is 1.42. The Kier molecular flexibility index (Phi) is 4.14. The highest BCUT2D eigenvalue weighted by molar-refractivity contribution is 5.94. The number of hydrogen-bond acceptors (Lipinski definition) is 3. The quantitative estimate of drug-likeness (QED) is 0.767. The van der Waals surface area contributed by atoms with Gasteiger partial charge in [0.25, 0.3) is 5.91 Å². The predicted molar refractivity (Wildman–Crippen MR) is 67.0 cm³/mol. The molecule has 1 aliphatic rings. The number of esters is 1. The number of methoxy groups -OCH3 is 1. The van der Waals surface area contributed by atoms with Crippen LogP contribution in [0.2, 0.25) is 0 Å². The fourth-order valence-electron chi connectivity index (χ4n) is 2.33. The van der Waals surface area contributed by atoms with Gasteiger partial charge in [0.15, 0.2) is 0 Å². The van der Waals surface area contributed by atoms with Crippen molar-refractivity contribution in [3.05, 3.63) is 35.6 Å². The van der Waals surface area contributed by atoms with Crippen molar-refractivity contribution in [1.82, 2.24) is 4.90 Å². The van der Waals surface area contributed by atoms with Crippen molar-refractivity contribution in [2.75, 3.05) is 20.2 Å². The molecule has 0 saturated carbocycles. The van der Waals surface area contributed by atoms with Gasteiger partial charge in [-0.15, -0.1) is 0 Å². The second-order valence-electron chi connectivity index (χ2n) is 4.59. The Labute approximate surface area is 111 Å². The number of hydrogen-bond donors (Lipinski definition) is 0. The lowest BCUT2D eigenvalue weighted by Crippen LogP contribution is -2.42. The topological polar surface area (TPSA) is 46.6 Å². The average Bonchev–Trinajstić information content (AvgIpc) is 2.46. The zero-order valence-electron chi connectivity index (χ0n) is 10.8. The molecule has 19 heavy (non-hydrogen) atoms. The van der Waals surface area contributed by atoms with E-state index in [-0.39, 0.29) is 23.4 Å². The highest BCUT2D eigenvalue weighted by Gasteiger charge is 2.30. The molecule has 2 rings (SSSR count). The van der Waals surface area contributed by atoms with Gasteiger partial charge in [-0.1, -0.05) is 12.1 Å². The Hall–Kier alpha value is -1.91. The lowest BCUT2D eigenvalue weighted by atomic mass is 9.97. The molecule has 1 aliphatic heterocycles. The van der Waals surface area contributed by atoms with Crippen LogP contribution >= 0.6 is 0 Å². The third kappa shape index (κ3) is 2.92. The van der Waals surface area contributed by atoms with Crippen molar-refractivity contribution in [3.8, 4) is 0 Å². The maximum atomic E-state index is 13.6. The molecule has 0 unspecified atom stereocenters. The first kappa shape index (κ1) is 13.5. The molecule has 0 aliphatic carbocycles. The number of halogens is 1. The lowest BCUT2D eigenvalue weighted by molar-refractivity contribution is -0.146. The highest BCUT2D eigenvalue weighted by atomic mass is 19.1. The summed E-state index contributed by atoms with van der Waals surface area (Å²) in [5, 5.41) is 0. The largest absolute Gasteiger partial charge is 0.469 e. The smallest absolute Gasteiger partial charge is 0.310 e. The van der Waals surface area contributed by atoms with Gasteiger partial charge in [-0.3, -0.25) is 9.59 Å². The van der Waals surface area contributed by atoms with Gasteiger partial charge in [-0.2, -0.15) is 0 Å². The molecule has 1 amide bonds. The fraction of sp³-hybridized carbons (Fsp3) is 0.429. The van der Waals surface area contributed by atoms with Crippen molar-refractivity contribution < 1.29 is 18.7 Å². The van der Waals surface area contributed by atoms with Crippen LogP contribution < -0.4 is 0 Å². The van der Waals surface area contributed by atoms with E-state index in [0.29, 0.717) is 19.5 Å². The van der Waals surface area contributed by atoms with Crippen LogP contribution in [-0.2, 0) is 9.53 Å². The number of ether oxygens (including phenoxy) is 1. The molecule has 0 aromatic heterocycles. The van der Waals surface area contributed by atoms with E-state index in [0.717, 1.165) is 6.42 Å². The molecule has 102 valence electrons. The number of nitrogens with zero attached hydrogens (tertiary/aromatic N) is 1. The summed E-state index contributed by atoms with van der Waals surface area (Å²) in [6.45, 7) is 0.834. The predicted octanol–water partition coefficient (Wildman–Crippen LogP) is 1.85. The molecule has 1 heterocycles. The maximum absolute atomic E-state index is 13.6. The standard InChI is InChI=1S/C14H16FNO3/c1-19-14(18)10-5-4-8-16(9-10)13(17)11-6-2-3-7-12(11)15/h2-3,6-7,10H,4-5,8-9H2,1H3/t10-/m0/s1. The van der Waals surface area contributed by atoms with Gasteiger partial charge in [0.05, 0.1) is 18.6 Å². The molecule has 5 heteroatoms. The SMILES string of the molecule is COC(=O)[C@H]1CCCN(C(=O)c2ccccc2F)C1. The summed E-state index contributed by atoms with van der Waals surface area (Å²) in [5.41, 5.74) is 0.0491. The lowest BCUT2D eigenvalue weighted by Gasteiger charge is -2.31. The van der Waals surface area contributed by atoms with E-state index in [1.165, 1.54) is 24.1 Å². The second-order valence-corrected chi connectivity index (χ2v) is 4.59. The van der Waals surface area contributed by atoms with Crippen molar-refractivity contribution >= 4 is 11.9 Å². The normalized spacial score (nSPS) is 19.1. The van der Waals surface area contributed by atoms with E-state index < -0.39 is 5.82 Å². The van der Waals surface area contributed by atoms with E-state index >= 15 is 0 Å². The number of benzene rings is 1. The molecule has 0 spiro atoms. The zero-order chi connectivity index (χ0) is 13.8. The molecule has 0 N–H and O–H groups in total. The molecular weight excluding hydrogens is 249 g/mol. The Morgan fingerprint density at radius 3 is 2.79 bits per heavy atom. The zero-order valence-corrected chi connectivity index (χ0v) is 10.8. The first-order valence-corrected chi connectivity index (χ1v) is 6.25. The summed E-state index contributed by atoms with van der Waals surface area (Å²) in [5.74, 6) is -1.53. The summed E-state index contributed by atoms with van der Waals surface area (Å²) < 4.78 is 18.3.